The summed E-state index contributed by atoms with van der Waals surface area (Å²) in [6.07, 6.45) is 1.43. The van der Waals surface area contributed by atoms with Crippen LogP contribution in [0.5, 0.6) is 0 Å². The Hall–Kier alpha value is -2.17. The molecule has 1 aromatic carbocycles. The van der Waals surface area contributed by atoms with Crippen LogP contribution in [0.15, 0.2) is 30.5 Å². The summed E-state index contributed by atoms with van der Waals surface area (Å²) in [4.78, 5) is 15.6. The molecule has 1 aromatic heterocycles. The van der Waals surface area contributed by atoms with Crippen LogP contribution in [0.25, 0.3) is 0 Å². The van der Waals surface area contributed by atoms with Crippen molar-refractivity contribution in [2.45, 2.75) is 13.5 Å². The van der Waals surface area contributed by atoms with Crippen LogP contribution < -0.4 is 0 Å². The van der Waals surface area contributed by atoms with Gasteiger partial charge in [0.2, 0.25) is 0 Å². The van der Waals surface area contributed by atoms with Crippen LogP contribution in [0.4, 0.5) is 4.39 Å². The molecule has 0 bridgehead atoms. The summed E-state index contributed by atoms with van der Waals surface area (Å²) in [5.41, 5.74) is 0.821. The van der Waals surface area contributed by atoms with Gasteiger partial charge in [-0.3, -0.25) is 0 Å². The highest BCUT2D eigenvalue weighted by Crippen LogP contribution is 2.13. The lowest BCUT2D eigenvalue weighted by molar-refractivity contribution is 0.0588. The van der Waals surface area contributed by atoms with E-state index in [0.717, 1.165) is 0 Å². The lowest BCUT2D eigenvalue weighted by atomic mass is 10.2. The van der Waals surface area contributed by atoms with Gasteiger partial charge in [0.1, 0.15) is 17.3 Å². The fraction of sp³-hybridized carbons (Fsp3) is 0.231. The van der Waals surface area contributed by atoms with Gasteiger partial charge in [-0.1, -0.05) is 18.2 Å². The molecule has 0 fully saturated rings. The Morgan fingerprint density at radius 2 is 2.17 bits per heavy atom. The minimum Gasteiger partial charge on any atom is -0.464 e. The Balaban J connectivity index is 2.37. The van der Waals surface area contributed by atoms with Crippen LogP contribution in [-0.4, -0.2) is 22.6 Å². The van der Waals surface area contributed by atoms with Crippen molar-refractivity contribution in [3.63, 3.8) is 0 Å². The molecule has 0 amide bonds. The molecule has 0 aliphatic rings. The molecule has 18 heavy (non-hydrogen) atoms. The van der Waals surface area contributed by atoms with Crippen molar-refractivity contribution in [2.75, 3.05) is 7.11 Å². The molecule has 0 spiro atoms. The second-order valence-electron chi connectivity index (χ2n) is 3.86. The lowest BCUT2D eigenvalue weighted by Crippen LogP contribution is -2.13. The predicted molar refractivity (Wildman–Crippen MR) is 63.8 cm³/mol. The average Bonchev–Trinajstić information content (AvgIpc) is 2.73. The number of methoxy groups -OCH3 is 1. The number of ether oxygens (including phenoxy) is 1. The minimum absolute atomic E-state index is 0.253. The number of carbonyl (C=O) groups is 1. The smallest absolute Gasteiger partial charge is 0.356 e. The van der Waals surface area contributed by atoms with Gasteiger partial charge in [-0.15, -0.1) is 0 Å². The number of halogens is 1. The maximum atomic E-state index is 13.6. The molecule has 0 unspecified atom stereocenters. The van der Waals surface area contributed by atoms with Gasteiger partial charge in [-0.2, -0.15) is 0 Å². The van der Waals surface area contributed by atoms with Gasteiger partial charge < -0.3 is 9.30 Å². The fourth-order valence-electron chi connectivity index (χ4n) is 1.73. The molecule has 4 nitrogen and oxygen atoms in total. The number of esters is 1. The normalized spacial score (nSPS) is 10.4. The third-order valence-electron chi connectivity index (χ3n) is 2.74. The summed E-state index contributed by atoms with van der Waals surface area (Å²) in [6, 6.07) is 6.44. The number of benzene rings is 1. The molecule has 0 N–H and O–H groups in total. The van der Waals surface area contributed by atoms with E-state index in [-0.39, 0.29) is 12.4 Å². The van der Waals surface area contributed by atoms with Crippen molar-refractivity contribution in [3.8, 4) is 0 Å². The van der Waals surface area contributed by atoms with Crippen LogP contribution >= 0.6 is 0 Å². The van der Waals surface area contributed by atoms with Crippen LogP contribution in [0.3, 0.4) is 0 Å². The van der Waals surface area contributed by atoms with Gasteiger partial charge in [-0.05, 0) is 13.0 Å². The second-order valence-corrected chi connectivity index (χ2v) is 3.86. The first-order valence-corrected chi connectivity index (χ1v) is 5.47. The number of aryl methyl sites for hydroxylation is 1. The van der Waals surface area contributed by atoms with E-state index in [1.807, 2.05) is 0 Å². The highest BCUT2D eigenvalue weighted by Gasteiger charge is 2.15. The van der Waals surface area contributed by atoms with Gasteiger partial charge in [-0.25, -0.2) is 14.2 Å². The number of aromatic nitrogens is 2. The number of carbonyl (C=O) groups excluding carboxylic acids is 1. The number of rotatable bonds is 3. The second kappa shape index (κ2) is 5.00. The van der Waals surface area contributed by atoms with E-state index in [1.54, 1.807) is 29.7 Å². The molecule has 1 heterocycles. The Kier molecular flexibility index (Phi) is 3.41. The molecule has 2 rings (SSSR count). The van der Waals surface area contributed by atoms with E-state index in [2.05, 4.69) is 9.72 Å². The summed E-state index contributed by atoms with van der Waals surface area (Å²) >= 11 is 0. The van der Waals surface area contributed by atoms with Gasteiger partial charge in [0.25, 0.3) is 0 Å². The zero-order valence-electron chi connectivity index (χ0n) is 10.2. The highest BCUT2D eigenvalue weighted by atomic mass is 19.1. The quantitative estimate of drug-likeness (QED) is 0.782. The van der Waals surface area contributed by atoms with Gasteiger partial charge in [0.05, 0.1) is 19.9 Å². The lowest BCUT2D eigenvalue weighted by Gasteiger charge is -2.09. The maximum Gasteiger partial charge on any atom is 0.356 e. The summed E-state index contributed by atoms with van der Waals surface area (Å²) in [5, 5.41) is 0. The molecule has 0 aliphatic heterocycles. The topological polar surface area (TPSA) is 44.1 Å². The summed E-state index contributed by atoms with van der Waals surface area (Å²) in [5.74, 6) is -0.146. The van der Waals surface area contributed by atoms with Crippen molar-refractivity contribution in [2.24, 2.45) is 0 Å². The van der Waals surface area contributed by atoms with Gasteiger partial charge in [0.15, 0.2) is 0 Å². The molecule has 0 radical (unpaired) electrons. The third kappa shape index (κ3) is 2.25. The Bertz CT molecular complexity index is 578. The summed E-state index contributed by atoms with van der Waals surface area (Å²) in [7, 11) is 1.30. The first-order valence-electron chi connectivity index (χ1n) is 5.47. The molecule has 2 aromatic rings. The molecular weight excluding hydrogens is 235 g/mol. The van der Waals surface area contributed by atoms with E-state index in [4.69, 9.17) is 0 Å². The van der Waals surface area contributed by atoms with Crippen LogP contribution in [0, 0.1) is 12.7 Å². The highest BCUT2D eigenvalue weighted by molar-refractivity contribution is 5.87. The SMILES string of the molecule is COC(=O)c1cnc(C)n1Cc1ccccc1F. The van der Waals surface area contributed by atoms with Crippen molar-refractivity contribution < 1.29 is 13.9 Å². The Morgan fingerprint density at radius 1 is 1.44 bits per heavy atom. The van der Waals surface area contributed by atoms with E-state index in [1.165, 1.54) is 19.4 Å². The molecule has 0 saturated carbocycles. The molecule has 0 aliphatic carbocycles. The third-order valence-corrected chi connectivity index (χ3v) is 2.74. The number of hydrogen-bond donors (Lipinski definition) is 0. The standard InChI is InChI=1S/C13H13FN2O2/c1-9-15-7-12(13(17)18-2)16(9)8-10-5-3-4-6-11(10)14/h3-7H,8H2,1-2H3. The van der Waals surface area contributed by atoms with E-state index in [0.29, 0.717) is 17.1 Å². The van der Waals surface area contributed by atoms with E-state index >= 15 is 0 Å². The van der Waals surface area contributed by atoms with E-state index in [9.17, 15) is 9.18 Å². The summed E-state index contributed by atoms with van der Waals surface area (Å²) < 4.78 is 19.9. The first-order chi connectivity index (χ1) is 8.63. The van der Waals surface area contributed by atoms with Crippen molar-refractivity contribution in [1.29, 1.82) is 0 Å². The Morgan fingerprint density at radius 3 is 2.83 bits per heavy atom. The Labute approximate surface area is 104 Å². The number of hydrogen-bond acceptors (Lipinski definition) is 3. The van der Waals surface area contributed by atoms with E-state index < -0.39 is 5.97 Å². The monoisotopic (exact) mass is 248 g/mol. The van der Waals surface area contributed by atoms with Crippen molar-refractivity contribution in [3.05, 3.63) is 53.4 Å². The largest absolute Gasteiger partial charge is 0.464 e. The van der Waals surface area contributed by atoms with Crippen molar-refractivity contribution >= 4 is 5.97 Å². The predicted octanol–water partition coefficient (Wildman–Crippen LogP) is 2.17. The zero-order valence-corrected chi connectivity index (χ0v) is 10.2. The molecule has 5 heteroatoms. The maximum absolute atomic E-state index is 13.6. The number of imidazole rings is 1. The zero-order chi connectivity index (χ0) is 13.1. The minimum atomic E-state index is -0.480. The number of nitrogens with zero attached hydrogens (tertiary/aromatic N) is 2. The van der Waals surface area contributed by atoms with Crippen LogP contribution in [0.1, 0.15) is 21.9 Å². The molecular formula is C13H13FN2O2. The fourth-order valence-corrected chi connectivity index (χ4v) is 1.73. The van der Waals surface area contributed by atoms with Crippen molar-refractivity contribution in [1.82, 2.24) is 9.55 Å². The van der Waals surface area contributed by atoms with Crippen LogP contribution in [-0.2, 0) is 11.3 Å². The van der Waals surface area contributed by atoms with Gasteiger partial charge >= 0.3 is 5.97 Å². The molecule has 0 saturated heterocycles. The van der Waals surface area contributed by atoms with Gasteiger partial charge in [0, 0.05) is 5.56 Å². The molecule has 94 valence electrons. The van der Waals surface area contributed by atoms with Crippen LogP contribution in [0.2, 0.25) is 0 Å². The summed E-state index contributed by atoms with van der Waals surface area (Å²) in [6.45, 7) is 2.01. The first kappa shape index (κ1) is 12.3. The average molecular weight is 248 g/mol. The molecule has 0 atom stereocenters.